The van der Waals surface area contributed by atoms with Crippen molar-refractivity contribution in [2.24, 2.45) is 0 Å². The van der Waals surface area contributed by atoms with Crippen molar-refractivity contribution in [3.8, 4) is 0 Å². The number of hydrogen-bond acceptors (Lipinski definition) is 4. The van der Waals surface area contributed by atoms with E-state index in [0.717, 1.165) is 0 Å². The number of rotatable bonds is 5. The van der Waals surface area contributed by atoms with E-state index in [1.54, 1.807) is 6.92 Å². The number of aromatic nitrogens is 3. The van der Waals surface area contributed by atoms with Gasteiger partial charge in [-0.25, -0.2) is 13.6 Å². The molecule has 0 amide bonds. The summed E-state index contributed by atoms with van der Waals surface area (Å²) in [6.07, 6.45) is -2.32. The average molecular weight is 233 g/mol. The Labute approximate surface area is 91.2 Å². The Morgan fingerprint density at radius 2 is 2.19 bits per heavy atom. The molecule has 0 spiro atoms. The monoisotopic (exact) mass is 233 g/mol. The minimum atomic E-state index is -2.44. The summed E-state index contributed by atoms with van der Waals surface area (Å²) in [7, 11) is 1.20. The predicted octanol–water partition coefficient (Wildman–Crippen LogP) is 1.74. The van der Waals surface area contributed by atoms with Gasteiger partial charge in [-0.15, -0.1) is 5.10 Å². The van der Waals surface area contributed by atoms with Crippen molar-refractivity contribution >= 4 is 5.97 Å². The molecule has 0 radical (unpaired) electrons. The summed E-state index contributed by atoms with van der Waals surface area (Å²) in [6, 6.07) is 0. The van der Waals surface area contributed by atoms with Crippen LogP contribution in [-0.4, -0.2) is 34.9 Å². The second kappa shape index (κ2) is 5.53. The lowest BCUT2D eigenvalue weighted by Gasteiger charge is -2.11. The summed E-state index contributed by atoms with van der Waals surface area (Å²) in [4.78, 5) is 11.3. The van der Waals surface area contributed by atoms with Crippen molar-refractivity contribution in [3.05, 3.63) is 11.4 Å². The summed E-state index contributed by atoms with van der Waals surface area (Å²) in [6.45, 7) is 1.75. The van der Waals surface area contributed by atoms with Crippen LogP contribution in [0.1, 0.15) is 41.9 Å². The fourth-order valence-corrected chi connectivity index (χ4v) is 1.46. The van der Waals surface area contributed by atoms with E-state index in [2.05, 4.69) is 20.1 Å². The molecule has 1 aromatic rings. The maximum Gasteiger partial charge on any atom is 0.360 e. The van der Waals surface area contributed by atoms with Crippen LogP contribution in [0.25, 0.3) is 0 Å². The normalized spacial score (nSPS) is 12.8. The number of nitrogens with zero attached hydrogens (tertiary/aromatic N) is 2. The first kappa shape index (κ1) is 12.5. The quantitative estimate of drug-likeness (QED) is 0.786. The van der Waals surface area contributed by atoms with Crippen molar-refractivity contribution in [2.45, 2.75) is 32.1 Å². The Morgan fingerprint density at radius 3 is 2.69 bits per heavy atom. The van der Waals surface area contributed by atoms with E-state index < -0.39 is 18.3 Å². The first-order valence-electron chi connectivity index (χ1n) is 4.87. The highest BCUT2D eigenvalue weighted by molar-refractivity contribution is 5.88. The Morgan fingerprint density at radius 1 is 1.50 bits per heavy atom. The zero-order valence-corrected chi connectivity index (χ0v) is 9.04. The lowest BCUT2D eigenvalue weighted by atomic mass is 9.97. The maximum absolute atomic E-state index is 12.3. The van der Waals surface area contributed by atoms with E-state index in [9.17, 15) is 13.6 Å². The van der Waals surface area contributed by atoms with Gasteiger partial charge in [0.1, 0.15) is 5.69 Å². The molecule has 90 valence electrons. The van der Waals surface area contributed by atoms with Crippen LogP contribution in [0.15, 0.2) is 0 Å². The minimum Gasteiger partial charge on any atom is -0.464 e. The van der Waals surface area contributed by atoms with Crippen LogP contribution < -0.4 is 0 Å². The van der Waals surface area contributed by atoms with Gasteiger partial charge < -0.3 is 4.74 Å². The molecule has 1 N–H and O–H groups in total. The summed E-state index contributed by atoms with van der Waals surface area (Å²) in [5, 5.41) is 9.60. The van der Waals surface area contributed by atoms with Gasteiger partial charge in [-0.05, 0) is 6.42 Å². The number of carbonyl (C=O) groups is 1. The van der Waals surface area contributed by atoms with Gasteiger partial charge in [0.25, 0.3) is 0 Å². The first-order valence-corrected chi connectivity index (χ1v) is 4.87. The highest BCUT2D eigenvalue weighted by Gasteiger charge is 2.25. The lowest BCUT2D eigenvalue weighted by Crippen LogP contribution is -2.11. The highest BCUT2D eigenvalue weighted by Crippen LogP contribution is 2.26. The van der Waals surface area contributed by atoms with Gasteiger partial charge in [0.05, 0.1) is 7.11 Å². The fraction of sp³-hybridized carbons (Fsp3) is 0.667. The molecular weight excluding hydrogens is 220 g/mol. The molecule has 0 bridgehead atoms. The Kier molecular flexibility index (Phi) is 4.33. The van der Waals surface area contributed by atoms with Gasteiger partial charge in [0.15, 0.2) is 5.69 Å². The largest absolute Gasteiger partial charge is 0.464 e. The molecule has 0 fully saturated rings. The molecule has 7 heteroatoms. The number of hydrogen-bond donors (Lipinski definition) is 1. The molecule has 0 aliphatic heterocycles. The van der Waals surface area contributed by atoms with Crippen LogP contribution >= 0.6 is 0 Å². The van der Waals surface area contributed by atoms with E-state index in [1.807, 2.05) is 0 Å². The van der Waals surface area contributed by atoms with E-state index in [1.165, 1.54) is 7.11 Å². The van der Waals surface area contributed by atoms with E-state index in [0.29, 0.717) is 6.42 Å². The number of ether oxygens (including phenoxy) is 1. The number of alkyl halides is 2. The molecule has 1 rings (SSSR count). The summed E-state index contributed by atoms with van der Waals surface area (Å²) in [5.41, 5.74) is 0.227. The molecule has 0 saturated heterocycles. The summed E-state index contributed by atoms with van der Waals surface area (Å²) in [5.74, 6) is -1.16. The van der Waals surface area contributed by atoms with Crippen LogP contribution in [0.3, 0.4) is 0 Å². The van der Waals surface area contributed by atoms with Gasteiger partial charge in [-0.2, -0.15) is 10.3 Å². The molecule has 1 atom stereocenters. The topological polar surface area (TPSA) is 67.9 Å². The third-order valence-electron chi connectivity index (χ3n) is 2.30. The standard InChI is InChI=1S/C9H13F2N3O2/c1-3-5(4-6(10)11)7-8(9(15)16-2)13-14-12-7/h5-6H,3-4H2,1-2H3,(H,12,13,14). The van der Waals surface area contributed by atoms with Crippen LogP contribution in [-0.2, 0) is 4.74 Å². The number of H-pyrrole nitrogens is 1. The van der Waals surface area contributed by atoms with Crippen LogP contribution in [0.5, 0.6) is 0 Å². The third kappa shape index (κ3) is 2.74. The molecule has 5 nitrogen and oxygen atoms in total. The van der Waals surface area contributed by atoms with E-state index in [-0.39, 0.29) is 17.8 Å². The molecule has 0 aromatic carbocycles. The van der Waals surface area contributed by atoms with Crippen molar-refractivity contribution in [2.75, 3.05) is 7.11 Å². The van der Waals surface area contributed by atoms with E-state index >= 15 is 0 Å². The zero-order chi connectivity index (χ0) is 12.1. The average Bonchev–Trinajstić information content (AvgIpc) is 2.73. The zero-order valence-electron chi connectivity index (χ0n) is 9.04. The van der Waals surface area contributed by atoms with Crippen molar-refractivity contribution in [1.82, 2.24) is 15.4 Å². The van der Waals surface area contributed by atoms with Gasteiger partial charge >= 0.3 is 5.97 Å². The molecule has 0 aliphatic carbocycles. The second-order valence-corrected chi connectivity index (χ2v) is 3.28. The molecule has 1 heterocycles. The third-order valence-corrected chi connectivity index (χ3v) is 2.30. The smallest absolute Gasteiger partial charge is 0.360 e. The Bertz CT molecular complexity index is 354. The molecule has 0 aliphatic rings. The van der Waals surface area contributed by atoms with Crippen LogP contribution in [0, 0.1) is 0 Å². The molecular formula is C9H13F2N3O2. The van der Waals surface area contributed by atoms with Crippen molar-refractivity contribution in [3.63, 3.8) is 0 Å². The number of nitrogens with one attached hydrogen (secondary N) is 1. The highest BCUT2D eigenvalue weighted by atomic mass is 19.3. The molecule has 16 heavy (non-hydrogen) atoms. The van der Waals surface area contributed by atoms with Gasteiger partial charge in [0, 0.05) is 12.3 Å². The molecule has 1 unspecified atom stereocenters. The molecule has 0 saturated carbocycles. The Hall–Kier alpha value is -1.53. The Balaban J connectivity index is 2.92. The van der Waals surface area contributed by atoms with Crippen molar-refractivity contribution in [1.29, 1.82) is 0 Å². The predicted molar refractivity (Wildman–Crippen MR) is 51.4 cm³/mol. The second-order valence-electron chi connectivity index (χ2n) is 3.28. The van der Waals surface area contributed by atoms with Gasteiger partial charge in [0.2, 0.25) is 6.43 Å². The fourth-order valence-electron chi connectivity index (χ4n) is 1.46. The molecule has 1 aromatic heterocycles. The number of carbonyl (C=O) groups excluding carboxylic acids is 1. The van der Waals surface area contributed by atoms with E-state index in [4.69, 9.17) is 0 Å². The van der Waals surface area contributed by atoms with Crippen LogP contribution in [0.4, 0.5) is 8.78 Å². The summed E-state index contributed by atoms with van der Waals surface area (Å²) >= 11 is 0. The minimum absolute atomic E-state index is 0.0185. The number of methoxy groups -OCH3 is 1. The number of esters is 1. The first-order chi connectivity index (χ1) is 7.60. The van der Waals surface area contributed by atoms with Crippen LogP contribution in [0.2, 0.25) is 0 Å². The van der Waals surface area contributed by atoms with Gasteiger partial charge in [-0.3, -0.25) is 0 Å². The number of halogens is 2. The SMILES string of the molecule is CCC(CC(F)F)c1n[nH]nc1C(=O)OC. The van der Waals surface area contributed by atoms with Gasteiger partial charge in [-0.1, -0.05) is 6.92 Å². The van der Waals surface area contributed by atoms with Crippen molar-refractivity contribution < 1.29 is 18.3 Å². The number of aromatic amines is 1. The maximum atomic E-state index is 12.3. The summed E-state index contributed by atoms with van der Waals surface area (Å²) < 4.78 is 29.1. The lowest BCUT2D eigenvalue weighted by molar-refractivity contribution is 0.0590.